The zero-order valence-corrected chi connectivity index (χ0v) is 49.3. The quantitative estimate of drug-likeness (QED) is 0.0274. The van der Waals surface area contributed by atoms with E-state index < -0.39 is 0 Å². The Morgan fingerprint density at radius 2 is 0.606 bits per heavy atom. The first-order chi connectivity index (χ1) is 34.5. The maximum Gasteiger partial charge on any atom is 2.00 e. The van der Waals surface area contributed by atoms with E-state index in [0.717, 1.165) is 61.0 Å². The number of aryl methyl sites for hydroxylation is 2. The summed E-state index contributed by atoms with van der Waals surface area (Å²) in [6, 6.07) is 17.8. The summed E-state index contributed by atoms with van der Waals surface area (Å²) in [6.45, 7) is 21.4. The number of rotatable bonds is 44. The largest absolute Gasteiger partial charge is 2.00 e. The first kappa shape index (κ1) is 69.0. The molecule has 2 aromatic carbocycles. The van der Waals surface area contributed by atoms with Crippen LogP contribution in [0.15, 0.2) is 59.7 Å². The minimum absolute atomic E-state index is 0. The van der Waals surface area contributed by atoms with Crippen LogP contribution in [0.5, 0.6) is 0 Å². The molecule has 0 bridgehead atoms. The van der Waals surface area contributed by atoms with Crippen LogP contribution in [-0.2, 0) is 29.3 Å². The molecule has 410 valence electrons. The second kappa shape index (κ2) is 51.5. The Hall–Kier alpha value is -1.99. The van der Waals surface area contributed by atoms with E-state index in [4.69, 9.17) is 0 Å². The van der Waals surface area contributed by atoms with Crippen molar-refractivity contribution in [3.63, 3.8) is 0 Å². The van der Waals surface area contributed by atoms with Gasteiger partial charge in [0.2, 0.25) is 11.4 Å². The monoisotopic (exact) mass is 1020 g/mol. The van der Waals surface area contributed by atoms with Crippen LogP contribution >= 0.6 is 0 Å². The summed E-state index contributed by atoms with van der Waals surface area (Å²) in [6.07, 6.45) is 59.2. The van der Waals surface area contributed by atoms with Gasteiger partial charge in [0, 0.05) is 22.3 Å². The van der Waals surface area contributed by atoms with E-state index in [-0.39, 0.29) is 16.5 Å². The minimum Gasteiger partial charge on any atom is -0.493 e. The second-order valence-corrected chi connectivity index (χ2v) is 21.3. The van der Waals surface area contributed by atoms with Gasteiger partial charge in [-0.05, 0) is 80.3 Å². The minimum atomic E-state index is 0. The molecule has 0 amide bonds. The molecule has 0 fully saturated rings. The molecule has 1 aliphatic rings. The molecular formula is C68H118N2Ni. The Labute approximate surface area is 455 Å². The zero-order valence-electron chi connectivity index (χ0n) is 48.4. The van der Waals surface area contributed by atoms with Crippen molar-refractivity contribution in [1.82, 2.24) is 0 Å². The van der Waals surface area contributed by atoms with E-state index >= 15 is 0 Å². The molecule has 0 unspecified atom stereocenters. The third-order valence-electron chi connectivity index (χ3n) is 14.7. The van der Waals surface area contributed by atoms with E-state index in [1.54, 1.807) is 0 Å². The Morgan fingerprint density at radius 1 is 0.338 bits per heavy atom. The van der Waals surface area contributed by atoms with Crippen LogP contribution in [0.2, 0.25) is 0 Å². The van der Waals surface area contributed by atoms with Crippen LogP contribution < -0.4 is 0 Å². The normalized spacial score (nSPS) is 12.3. The molecule has 0 N–H and O–H groups in total. The van der Waals surface area contributed by atoms with Crippen LogP contribution in [-0.4, -0.2) is 4.70 Å². The molecule has 2 nitrogen and oxygen atoms in total. The topological polar surface area (TPSA) is 25.3 Å². The van der Waals surface area contributed by atoms with Gasteiger partial charge >= 0.3 is 16.5 Å². The summed E-state index contributed by atoms with van der Waals surface area (Å²) >= 11 is 0. The molecule has 3 rings (SSSR count). The van der Waals surface area contributed by atoms with Gasteiger partial charge in [0.1, 0.15) is 0 Å². The van der Waals surface area contributed by atoms with E-state index in [1.807, 2.05) is 0 Å². The molecule has 0 radical (unpaired) electrons. The summed E-state index contributed by atoms with van der Waals surface area (Å²) in [4.78, 5) is 0. The van der Waals surface area contributed by atoms with Crippen molar-refractivity contribution in [2.24, 2.45) is 0 Å². The Morgan fingerprint density at radius 3 is 0.915 bits per heavy atom. The van der Waals surface area contributed by atoms with Crippen molar-refractivity contribution < 1.29 is 21.2 Å². The molecule has 0 aromatic heterocycles. The average Bonchev–Trinajstić information content (AvgIpc) is 3.66. The van der Waals surface area contributed by atoms with Crippen molar-refractivity contribution in [2.45, 2.75) is 324 Å². The van der Waals surface area contributed by atoms with Gasteiger partial charge < -0.3 is 19.4 Å². The van der Waals surface area contributed by atoms with Gasteiger partial charge in [-0.25, -0.2) is 4.70 Å². The second-order valence-electron chi connectivity index (χ2n) is 21.3. The molecule has 71 heavy (non-hydrogen) atoms. The zero-order chi connectivity index (χ0) is 51.0. The average molecular weight is 1020 g/mol. The number of benzene rings is 2. The fourth-order valence-electron chi connectivity index (χ4n) is 10.3. The Bertz CT molecular complexity index is 1490. The number of hydrogen-bond donors (Lipinski definition) is 0. The summed E-state index contributed by atoms with van der Waals surface area (Å²) in [5.41, 5.74) is 21.4. The van der Waals surface area contributed by atoms with Crippen LogP contribution in [0.25, 0.3) is 16.9 Å². The Kier molecular flexibility index (Phi) is 50.1. The third-order valence-corrected chi connectivity index (χ3v) is 14.7. The van der Waals surface area contributed by atoms with E-state index in [1.165, 1.54) is 271 Å². The third kappa shape index (κ3) is 35.0. The van der Waals surface area contributed by atoms with Crippen LogP contribution in [0.4, 0.5) is 0 Å². The maximum atomic E-state index is 11.8. The maximum absolute atomic E-state index is 11.8. The molecular weight excluding hydrogens is 903 g/mol. The summed E-state index contributed by atoms with van der Waals surface area (Å²) in [5, 5.41) is 0. The number of unbranched alkanes of at least 4 members (excludes halogenated alkanes) is 35. The van der Waals surface area contributed by atoms with Gasteiger partial charge in [-0.3, -0.25) is 0 Å². The molecule has 0 spiro atoms. The van der Waals surface area contributed by atoms with Gasteiger partial charge in [-0.2, -0.15) is 12.8 Å². The Balaban J connectivity index is 0.00000117. The number of hydrogen-bond acceptors (Lipinski definition) is 0. The SMILES string of the molecule is CCCCCCC1=C(c2cccc(CCCCC)c2)[N+](=[N-])C(c2cccc(CCCCC)c2)=C1CC.[CH2-]CCCCCCCCCCCCCCCC.[CH2-]CCCCCCCCCCCCCCCC.[Ni+2]. The van der Waals surface area contributed by atoms with Gasteiger partial charge in [-0.15, -0.1) is 0 Å². The molecule has 3 heteroatoms. The molecule has 1 heterocycles. The molecule has 0 atom stereocenters. The van der Waals surface area contributed by atoms with Gasteiger partial charge in [0.25, 0.3) is 0 Å². The van der Waals surface area contributed by atoms with Gasteiger partial charge in [0.05, 0.1) is 0 Å². The van der Waals surface area contributed by atoms with Gasteiger partial charge in [-0.1, -0.05) is 291 Å². The first-order valence-electron chi connectivity index (χ1n) is 31.2. The van der Waals surface area contributed by atoms with Crippen molar-refractivity contribution in [2.75, 3.05) is 0 Å². The van der Waals surface area contributed by atoms with Crippen LogP contribution in [0.3, 0.4) is 0 Å². The van der Waals surface area contributed by atoms with E-state index in [2.05, 4.69) is 104 Å². The summed E-state index contributed by atoms with van der Waals surface area (Å²) in [7, 11) is 0. The smallest absolute Gasteiger partial charge is 0.493 e. The van der Waals surface area contributed by atoms with Crippen LogP contribution in [0, 0.1) is 13.8 Å². The number of allylic oxidation sites excluding steroid dienone is 2. The van der Waals surface area contributed by atoms with Crippen LogP contribution in [0.1, 0.15) is 333 Å². The van der Waals surface area contributed by atoms with E-state index in [9.17, 15) is 5.53 Å². The standard InChI is InChI=1S/C34H48N2.2C17H35.Ni/c1-5-9-12-15-24-32-31(8-4)33(29-22-16-20-27(25-29)18-13-10-6-2)36(35)34(32)30-23-17-21-28(26-30)19-14-11-7-3;2*1-3-5-7-9-11-13-15-17-16-14-12-10-8-6-4-2;/h16-17,20-23,25-26H,5-15,18-19,24H2,1-4H3;2*1,3-17H2,2H3;/q;2*-1;+2. The molecule has 0 aliphatic carbocycles. The fourth-order valence-corrected chi connectivity index (χ4v) is 10.3. The predicted octanol–water partition coefficient (Wildman–Crippen LogP) is 24.1. The molecule has 1 aliphatic heterocycles. The fraction of sp³-hybridized carbons (Fsp3) is 0.735. The van der Waals surface area contributed by atoms with Gasteiger partial charge in [0.15, 0.2) is 0 Å². The van der Waals surface area contributed by atoms with Crippen molar-refractivity contribution >= 4 is 11.4 Å². The molecule has 0 saturated heterocycles. The summed E-state index contributed by atoms with van der Waals surface area (Å²) < 4.78 is 1.53. The predicted molar refractivity (Wildman–Crippen MR) is 316 cm³/mol. The van der Waals surface area contributed by atoms with Crippen molar-refractivity contribution in [1.29, 1.82) is 0 Å². The molecule has 2 aromatic rings. The van der Waals surface area contributed by atoms with E-state index in [0.29, 0.717) is 0 Å². The van der Waals surface area contributed by atoms with Crippen molar-refractivity contribution in [3.05, 3.63) is 101 Å². The van der Waals surface area contributed by atoms with Crippen molar-refractivity contribution in [3.8, 4) is 0 Å². The number of nitrogens with zero attached hydrogens (tertiary/aromatic N) is 2. The first-order valence-corrected chi connectivity index (χ1v) is 31.2. The molecule has 0 saturated carbocycles. The summed E-state index contributed by atoms with van der Waals surface area (Å²) in [5.74, 6) is 0.